The molecule has 7 heteroatoms. The molecule has 0 spiro atoms. The van der Waals surface area contributed by atoms with Crippen molar-refractivity contribution >= 4 is 22.5 Å². The summed E-state index contributed by atoms with van der Waals surface area (Å²) in [6.45, 7) is 5.17. The van der Waals surface area contributed by atoms with E-state index in [0.717, 1.165) is 50.2 Å². The fourth-order valence-corrected chi connectivity index (χ4v) is 3.47. The Morgan fingerprint density at radius 3 is 2.71 bits per heavy atom. The molecule has 0 bridgehead atoms. The number of carbonyl (C=O) groups is 1. The molecule has 146 valence electrons. The van der Waals surface area contributed by atoms with Gasteiger partial charge in [-0.25, -0.2) is 0 Å². The van der Waals surface area contributed by atoms with E-state index in [2.05, 4.69) is 15.3 Å². The molecule has 7 nitrogen and oxygen atoms in total. The zero-order chi connectivity index (χ0) is 19.3. The van der Waals surface area contributed by atoms with Gasteiger partial charge in [0.2, 0.25) is 0 Å². The molecule has 1 fully saturated rings. The first-order valence-electron chi connectivity index (χ1n) is 9.45. The van der Waals surface area contributed by atoms with Crippen molar-refractivity contribution < 1.29 is 14.3 Å². The molecule has 0 aliphatic carbocycles. The number of ether oxygens (including phenoxy) is 2. The molecule has 1 N–H and O–H groups in total. The predicted molar refractivity (Wildman–Crippen MR) is 108 cm³/mol. The number of benzene rings is 2. The largest absolute Gasteiger partial charge is 0.496 e. The number of anilines is 1. The summed E-state index contributed by atoms with van der Waals surface area (Å²) in [6.07, 6.45) is 1.89. The maximum absolute atomic E-state index is 12.9. The van der Waals surface area contributed by atoms with Crippen LogP contribution in [0, 0.1) is 0 Å². The quantitative estimate of drug-likeness (QED) is 0.712. The second-order valence-electron chi connectivity index (χ2n) is 6.74. The van der Waals surface area contributed by atoms with Crippen LogP contribution < -0.4 is 10.1 Å². The number of nitrogens with zero attached hydrogens (tertiary/aromatic N) is 3. The first kappa shape index (κ1) is 18.5. The summed E-state index contributed by atoms with van der Waals surface area (Å²) < 4.78 is 12.7. The van der Waals surface area contributed by atoms with Gasteiger partial charge in [-0.15, -0.1) is 0 Å². The Labute approximate surface area is 163 Å². The predicted octanol–water partition coefficient (Wildman–Crippen LogP) is 2.63. The van der Waals surface area contributed by atoms with Gasteiger partial charge in [0.15, 0.2) is 5.82 Å². The van der Waals surface area contributed by atoms with Crippen molar-refractivity contribution in [3.63, 3.8) is 0 Å². The molecular weight excluding hydrogens is 356 g/mol. The zero-order valence-electron chi connectivity index (χ0n) is 15.9. The molecule has 1 aliphatic heterocycles. The Morgan fingerprint density at radius 2 is 1.93 bits per heavy atom. The molecule has 1 aromatic heterocycles. The lowest BCUT2D eigenvalue weighted by Crippen LogP contribution is -2.38. The highest BCUT2D eigenvalue weighted by molar-refractivity contribution is 6.14. The molecular formula is C21H24N4O3. The summed E-state index contributed by atoms with van der Waals surface area (Å²) >= 11 is 0. The van der Waals surface area contributed by atoms with Crippen LogP contribution in [0.1, 0.15) is 10.4 Å². The van der Waals surface area contributed by atoms with Crippen molar-refractivity contribution in [2.75, 3.05) is 45.3 Å². The summed E-state index contributed by atoms with van der Waals surface area (Å²) in [4.78, 5) is 15.2. The molecule has 28 heavy (non-hydrogen) atoms. The van der Waals surface area contributed by atoms with E-state index in [1.54, 1.807) is 13.2 Å². The lowest BCUT2D eigenvalue weighted by molar-refractivity contribution is 0.0360. The zero-order valence-corrected chi connectivity index (χ0v) is 15.9. The summed E-state index contributed by atoms with van der Waals surface area (Å²) in [6, 6.07) is 13.2. The molecule has 1 saturated heterocycles. The van der Waals surface area contributed by atoms with Gasteiger partial charge in [0.25, 0.3) is 5.91 Å². The molecule has 3 aromatic rings. The minimum absolute atomic E-state index is 0.200. The Kier molecular flexibility index (Phi) is 5.55. The SMILES string of the molecule is COc1cccc2cccc(C(=O)Nc3ccn(CCN4CCOCC4)n3)c12. The number of hydrogen-bond donors (Lipinski definition) is 1. The molecule has 0 radical (unpaired) electrons. The van der Waals surface area contributed by atoms with E-state index in [1.807, 2.05) is 47.3 Å². The maximum Gasteiger partial charge on any atom is 0.257 e. The van der Waals surface area contributed by atoms with Crippen molar-refractivity contribution in [3.8, 4) is 5.75 Å². The fraction of sp³-hybridized carbons (Fsp3) is 0.333. The highest BCUT2D eigenvalue weighted by Gasteiger charge is 2.15. The minimum Gasteiger partial charge on any atom is -0.496 e. The lowest BCUT2D eigenvalue weighted by Gasteiger charge is -2.26. The molecule has 0 unspecified atom stereocenters. The van der Waals surface area contributed by atoms with E-state index in [1.165, 1.54) is 0 Å². The van der Waals surface area contributed by atoms with Crippen LogP contribution >= 0.6 is 0 Å². The van der Waals surface area contributed by atoms with Gasteiger partial charge < -0.3 is 14.8 Å². The first-order valence-corrected chi connectivity index (χ1v) is 9.45. The second kappa shape index (κ2) is 8.41. The number of nitrogens with one attached hydrogen (secondary N) is 1. The molecule has 2 heterocycles. The highest BCUT2D eigenvalue weighted by atomic mass is 16.5. The summed E-state index contributed by atoms with van der Waals surface area (Å²) in [5.74, 6) is 1.02. The number of carbonyl (C=O) groups excluding carboxylic acids is 1. The van der Waals surface area contributed by atoms with Gasteiger partial charge in [-0.05, 0) is 17.5 Å². The van der Waals surface area contributed by atoms with E-state index in [0.29, 0.717) is 17.1 Å². The summed E-state index contributed by atoms with van der Waals surface area (Å²) in [7, 11) is 1.61. The minimum atomic E-state index is -0.200. The summed E-state index contributed by atoms with van der Waals surface area (Å²) in [5, 5.41) is 9.14. The van der Waals surface area contributed by atoms with Crippen molar-refractivity contribution in [2.45, 2.75) is 6.54 Å². The van der Waals surface area contributed by atoms with E-state index >= 15 is 0 Å². The summed E-state index contributed by atoms with van der Waals surface area (Å²) in [5.41, 5.74) is 0.567. The molecule has 2 aromatic carbocycles. The molecule has 0 atom stereocenters. The van der Waals surface area contributed by atoms with Crippen molar-refractivity contribution in [3.05, 3.63) is 54.2 Å². The van der Waals surface area contributed by atoms with Gasteiger partial charge >= 0.3 is 0 Å². The van der Waals surface area contributed by atoms with Crippen LogP contribution in [-0.2, 0) is 11.3 Å². The van der Waals surface area contributed by atoms with Crippen LogP contribution in [-0.4, -0.2) is 60.5 Å². The van der Waals surface area contributed by atoms with Gasteiger partial charge in [0.1, 0.15) is 5.75 Å². The third-order valence-electron chi connectivity index (χ3n) is 4.96. The van der Waals surface area contributed by atoms with E-state index in [4.69, 9.17) is 9.47 Å². The Morgan fingerprint density at radius 1 is 1.14 bits per heavy atom. The smallest absolute Gasteiger partial charge is 0.257 e. The van der Waals surface area contributed by atoms with Gasteiger partial charge in [-0.3, -0.25) is 14.4 Å². The van der Waals surface area contributed by atoms with Crippen LogP contribution in [0.15, 0.2) is 48.7 Å². The third kappa shape index (κ3) is 4.00. The van der Waals surface area contributed by atoms with Crippen molar-refractivity contribution in [2.24, 2.45) is 0 Å². The Hall–Kier alpha value is -2.90. The number of rotatable bonds is 6. The number of amides is 1. The Balaban J connectivity index is 1.46. The second-order valence-corrected chi connectivity index (χ2v) is 6.74. The fourth-order valence-electron chi connectivity index (χ4n) is 3.47. The molecule has 1 aliphatic rings. The average molecular weight is 380 g/mol. The van der Waals surface area contributed by atoms with Crippen LogP contribution in [0.3, 0.4) is 0 Å². The van der Waals surface area contributed by atoms with Crippen molar-refractivity contribution in [1.29, 1.82) is 0 Å². The molecule has 0 saturated carbocycles. The normalized spacial score (nSPS) is 14.9. The first-order chi connectivity index (χ1) is 13.7. The molecule has 4 rings (SSSR count). The van der Waals surface area contributed by atoms with E-state index in [-0.39, 0.29) is 5.91 Å². The standard InChI is InChI=1S/C21H24N4O3/c1-27-18-7-3-5-16-4-2-6-17(20(16)18)21(26)22-19-8-9-25(23-19)11-10-24-12-14-28-15-13-24/h2-9H,10-15H2,1H3,(H,22,23,26). The highest BCUT2D eigenvalue weighted by Crippen LogP contribution is 2.29. The number of aromatic nitrogens is 2. The van der Waals surface area contributed by atoms with Crippen LogP contribution in [0.2, 0.25) is 0 Å². The van der Waals surface area contributed by atoms with Crippen LogP contribution in [0.4, 0.5) is 5.82 Å². The number of methoxy groups -OCH3 is 1. The van der Waals surface area contributed by atoms with Gasteiger partial charge in [0.05, 0.1) is 32.4 Å². The lowest BCUT2D eigenvalue weighted by atomic mass is 10.0. The Bertz CT molecular complexity index is 958. The average Bonchev–Trinajstić information content (AvgIpc) is 3.19. The molecule has 1 amide bonds. The number of hydrogen-bond acceptors (Lipinski definition) is 5. The van der Waals surface area contributed by atoms with E-state index in [9.17, 15) is 4.79 Å². The maximum atomic E-state index is 12.9. The van der Waals surface area contributed by atoms with Gasteiger partial charge in [0, 0.05) is 37.3 Å². The van der Waals surface area contributed by atoms with Crippen molar-refractivity contribution in [1.82, 2.24) is 14.7 Å². The topological polar surface area (TPSA) is 68.6 Å². The van der Waals surface area contributed by atoms with E-state index < -0.39 is 0 Å². The monoisotopic (exact) mass is 380 g/mol. The third-order valence-corrected chi connectivity index (χ3v) is 4.96. The van der Waals surface area contributed by atoms with Gasteiger partial charge in [-0.2, -0.15) is 5.10 Å². The van der Waals surface area contributed by atoms with Gasteiger partial charge in [-0.1, -0.05) is 24.3 Å². The number of morpholine rings is 1. The van der Waals surface area contributed by atoms with Crippen LogP contribution in [0.5, 0.6) is 5.75 Å². The van der Waals surface area contributed by atoms with Crippen LogP contribution in [0.25, 0.3) is 10.8 Å². The number of fused-ring (bicyclic) bond motifs is 1.